The number of hydrogen-bond acceptors (Lipinski definition) is 8. The van der Waals surface area contributed by atoms with Crippen molar-refractivity contribution in [3.8, 4) is 0 Å². The lowest BCUT2D eigenvalue weighted by molar-refractivity contribution is -0.684. The molecule has 0 saturated carbocycles. The van der Waals surface area contributed by atoms with E-state index in [-0.39, 0.29) is 18.0 Å². The van der Waals surface area contributed by atoms with Crippen LogP contribution in [0, 0.1) is 0 Å². The van der Waals surface area contributed by atoms with Gasteiger partial charge >= 0.3 is 0 Å². The average molecular weight is 634 g/mol. The number of β-lactam (4-membered cyclic amide) rings is 1. The lowest BCUT2D eigenvalue weighted by Gasteiger charge is -2.50. The smallest absolute Gasteiger partial charge is 0.283 e. The number of benzene rings is 1. The Kier molecular flexibility index (Phi) is 9.43. The Labute approximate surface area is 245 Å². The molecule has 0 spiro atoms. The Hall–Kier alpha value is -2.09. The molecule has 1 fully saturated rings. The largest absolute Gasteiger partial charge is 0.543 e. The van der Waals surface area contributed by atoms with Crippen molar-refractivity contribution in [2.24, 2.45) is 5.73 Å². The topological polar surface area (TPSA) is 137 Å². The number of pyridine rings is 1. The number of carboxylic acids is 1. The number of primary amides is 1. The van der Waals surface area contributed by atoms with Gasteiger partial charge in [-0.3, -0.25) is 19.3 Å². The minimum atomic E-state index is -1.44. The van der Waals surface area contributed by atoms with E-state index in [1.807, 2.05) is 0 Å². The predicted octanol–water partition coefficient (Wildman–Crippen LogP) is 1.71. The number of nitrogens with one attached hydrogen (secondary N) is 1. The number of nitrogens with two attached hydrogens (primary N) is 1. The minimum absolute atomic E-state index is 0.0273. The summed E-state index contributed by atoms with van der Waals surface area (Å²) in [4.78, 5) is 51.0. The average Bonchev–Trinajstić information content (AvgIpc) is 2.87. The number of nitrogens with zero attached hydrogens (tertiary/aromatic N) is 2. The summed E-state index contributed by atoms with van der Waals surface area (Å²) in [5.41, 5.74) is 5.58. The third-order valence-corrected chi connectivity index (χ3v) is 10.1. The van der Waals surface area contributed by atoms with Gasteiger partial charge in [0.05, 0.1) is 32.5 Å². The van der Waals surface area contributed by atoms with Crippen molar-refractivity contribution in [2.45, 2.75) is 27.8 Å². The second-order valence-corrected chi connectivity index (χ2v) is 12.5. The van der Waals surface area contributed by atoms with E-state index < -0.39 is 35.1 Å². The molecular weight excluding hydrogens is 615 g/mol. The van der Waals surface area contributed by atoms with Crippen LogP contribution in [0.4, 0.5) is 0 Å². The van der Waals surface area contributed by atoms with Crippen LogP contribution >= 0.6 is 70.1 Å². The zero-order chi connectivity index (χ0) is 27.6. The van der Waals surface area contributed by atoms with Crippen molar-refractivity contribution in [3.05, 3.63) is 63.0 Å². The summed E-state index contributed by atoms with van der Waals surface area (Å²) in [6.07, 6.45) is 3.40. The molecule has 1 saturated heterocycles. The Balaban J connectivity index is 1.36. The maximum atomic E-state index is 12.9. The molecule has 4 rings (SSSR count). The molecule has 2 aromatic rings. The van der Waals surface area contributed by atoms with E-state index in [1.54, 1.807) is 35.2 Å². The Bertz CT molecular complexity index is 1340. The number of fused-ring (bicyclic) bond motifs is 1. The van der Waals surface area contributed by atoms with E-state index in [9.17, 15) is 24.3 Å². The number of rotatable bonds is 10. The summed E-state index contributed by atoms with van der Waals surface area (Å²) >= 11 is 22.0. The Morgan fingerprint density at radius 2 is 1.82 bits per heavy atom. The molecule has 3 heterocycles. The number of aromatic nitrogens is 1. The van der Waals surface area contributed by atoms with Crippen LogP contribution in [-0.2, 0) is 25.7 Å². The number of carbonyl (C=O) groups excluding carboxylic acids is 4. The van der Waals surface area contributed by atoms with Gasteiger partial charge in [-0.25, -0.2) is 0 Å². The van der Waals surface area contributed by atoms with Crippen molar-refractivity contribution in [2.75, 3.05) is 17.3 Å². The number of aliphatic carboxylic acids is 1. The van der Waals surface area contributed by atoms with Crippen LogP contribution in [0.1, 0.15) is 0 Å². The second-order valence-electron chi connectivity index (χ2n) is 8.14. The predicted molar refractivity (Wildman–Crippen MR) is 146 cm³/mol. The molecular formula is C23H19Cl3N4O5S3. The highest BCUT2D eigenvalue weighted by molar-refractivity contribution is 8.01. The van der Waals surface area contributed by atoms with Crippen LogP contribution in [0.5, 0.6) is 0 Å². The molecule has 2 aliphatic rings. The van der Waals surface area contributed by atoms with Gasteiger partial charge in [0.2, 0.25) is 12.5 Å². The van der Waals surface area contributed by atoms with E-state index in [0.717, 1.165) is 16.7 Å². The highest BCUT2D eigenvalue weighted by Crippen LogP contribution is 2.41. The van der Waals surface area contributed by atoms with Gasteiger partial charge in [0.25, 0.3) is 11.8 Å². The molecule has 0 unspecified atom stereocenters. The van der Waals surface area contributed by atoms with Crippen LogP contribution in [0.15, 0.2) is 57.7 Å². The molecule has 0 aliphatic carbocycles. The first-order chi connectivity index (χ1) is 18.0. The molecule has 0 radical (unpaired) electrons. The lowest BCUT2D eigenvalue weighted by Crippen LogP contribution is -2.71. The van der Waals surface area contributed by atoms with Gasteiger partial charge in [-0.15, -0.1) is 35.3 Å². The zero-order valence-corrected chi connectivity index (χ0v) is 24.0. The van der Waals surface area contributed by atoms with Gasteiger partial charge in [-0.1, -0.05) is 34.8 Å². The highest BCUT2D eigenvalue weighted by atomic mass is 35.5. The Morgan fingerprint density at radius 1 is 1.13 bits per heavy atom. The Morgan fingerprint density at radius 3 is 2.47 bits per heavy atom. The monoisotopic (exact) mass is 632 g/mol. The van der Waals surface area contributed by atoms with Crippen LogP contribution in [0.2, 0.25) is 15.1 Å². The summed E-state index contributed by atoms with van der Waals surface area (Å²) in [6.45, 7) is 0.0552. The quantitative estimate of drug-likeness (QED) is 0.175. The van der Waals surface area contributed by atoms with Crippen LogP contribution in [0.25, 0.3) is 0 Å². The molecule has 3 amide bonds. The van der Waals surface area contributed by atoms with E-state index in [0.29, 0.717) is 37.0 Å². The highest BCUT2D eigenvalue weighted by Gasteiger charge is 2.52. The summed E-state index contributed by atoms with van der Waals surface area (Å²) in [5.74, 6) is -2.17. The molecule has 2 aliphatic heterocycles. The van der Waals surface area contributed by atoms with E-state index in [4.69, 9.17) is 40.5 Å². The fourth-order valence-corrected chi connectivity index (χ4v) is 7.66. The summed E-state index contributed by atoms with van der Waals surface area (Å²) in [6, 6.07) is 5.77. The molecule has 1 aromatic carbocycles. The van der Waals surface area contributed by atoms with Gasteiger partial charge in [0, 0.05) is 33.4 Å². The number of amides is 3. The third-order valence-electron chi connectivity index (χ3n) is 5.50. The molecule has 2 atom stereocenters. The summed E-state index contributed by atoms with van der Waals surface area (Å²) in [5, 5.41) is 15.1. The molecule has 15 heteroatoms. The normalized spacial score (nSPS) is 18.6. The first kappa shape index (κ1) is 28.9. The fourth-order valence-electron chi connectivity index (χ4n) is 3.75. The summed E-state index contributed by atoms with van der Waals surface area (Å²) in [7, 11) is 0. The van der Waals surface area contributed by atoms with E-state index in [1.165, 1.54) is 34.5 Å². The maximum absolute atomic E-state index is 12.9. The van der Waals surface area contributed by atoms with Gasteiger partial charge in [-0.05, 0) is 17.7 Å². The van der Waals surface area contributed by atoms with Gasteiger partial charge in [-0.2, -0.15) is 4.57 Å². The maximum Gasteiger partial charge on any atom is 0.283 e. The van der Waals surface area contributed by atoms with Crippen molar-refractivity contribution in [1.29, 1.82) is 0 Å². The van der Waals surface area contributed by atoms with Gasteiger partial charge in [0.15, 0.2) is 12.4 Å². The summed E-state index contributed by atoms with van der Waals surface area (Å²) < 4.78 is 1.63. The van der Waals surface area contributed by atoms with Crippen LogP contribution in [0.3, 0.4) is 0 Å². The standard InChI is InChI=1S/C23H19Cl3N4O5S3/c24-13-5-15(26)16(6-14(13)25)37-10-18(32)28-19-21(33)30-20(23(34)35)11(9-38-22(19)30)8-36-12-1-3-29(4-2-12)7-17(27)31/h1-6,19,22H,7-10H2,(H3-,27,28,31,32,34,35)/t19-,22-/m1/s1. The van der Waals surface area contributed by atoms with E-state index in [2.05, 4.69) is 5.32 Å². The van der Waals surface area contributed by atoms with Gasteiger partial charge < -0.3 is 21.0 Å². The van der Waals surface area contributed by atoms with E-state index >= 15 is 0 Å². The van der Waals surface area contributed by atoms with Crippen LogP contribution in [-0.4, -0.2) is 57.3 Å². The zero-order valence-electron chi connectivity index (χ0n) is 19.3. The molecule has 200 valence electrons. The number of carbonyl (C=O) groups is 4. The van der Waals surface area contributed by atoms with Crippen molar-refractivity contribution < 1.29 is 28.9 Å². The molecule has 3 N–H and O–H groups in total. The number of thioether (sulfide) groups is 3. The number of carboxylic acid groups (broad SMARTS) is 1. The van der Waals surface area contributed by atoms with Crippen molar-refractivity contribution >= 4 is 93.8 Å². The van der Waals surface area contributed by atoms with Crippen LogP contribution < -0.4 is 20.7 Å². The third kappa shape index (κ3) is 6.54. The lowest BCUT2D eigenvalue weighted by atomic mass is 10.0. The first-order valence-electron chi connectivity index (χ1n) is 10.9. The first-order valence-corrected chi connectivity index (χ1v) is 15.1. The fraction of sp³-hybridized carbons (Fsp3) is 0.261. The van der Waals surface area contributed by atoms with Gasteiger partial charge in [0.1, 0.15) is 11.4 Å². The van der Waals surface area contributed by atoms with Crippen molar-refractivity contribution in [3.63, 3.8) is 0 Å². The number of halogens is 3. The second kappa shape index (κ2) is 12.4. The molecule has 9 nitrogen and oxygen atoms in total. The van der Waals surface area contributed by atoms with Crippen molar-refractivity contribution in [1.82, 2.24) is 10.2 Å². The molecule has 0 bridgehead atoms. The SMILES string of the molecule is NC(=O)C[n+]1ccc(SCC2=C(C(=O)[O-])N3C(=O)[C@@H](NC(=O)CSc4cc(Cl)c(Cl)cc4Cl)[C@H]3SC2)cc1. The minimum Gasteiger partial charge on any atom is -0.543 e. The molecule has 1 aromatic heterocycles. The molecule has 38 heavy (non-hydrogen) atoms. The number of hydrogen-bond donors (Lipinski definition) is 2.